The van der Waals surface area contributed by atoms with E-state index in [1.54, 1.807) is 31.2 Å². The lowest BCUT2D eigenvalue weighted by Gasteiger charge is -1.92. The second-order valence-corrected chi connectivity index (χ2v) is 2.91. The Morgan fingerprint density at radius 2 is 2.07 bits per heavy atom. The third kappa shape index (κ3) is 3.51. The van der Waals surface area contributed by atoms with Crippen molar-refractivity contribution < 1.29 is 9.53 Å². The molecule has 0 heterocycles. The molecule has 0 aliphatic heterocycles. The van der Waals surface area contributed by atoms with E-state index in [1.807, 2.05) is 0 Å². The highest BCUT2D eigenvalue weighted by atomic mass is 35.5. The van der Waals surface area contributed by atoms with Crippen molar-refractivity contribution in [2.75, 3.05) is 6.61 Å². The van der Waals surface area contributed by atoms with E-state index in [9.17, 15) is 4.79 Å². The molecule has 1 aromatic rings. The van der Waals surface area contributed by atoms with Crippen molar-refractivity contribution in [2.24, 2.45) is 0 Å². The van der Waals surface area contributed by atoms with Gasteiger partial charge in [-0.2, -0.15) is 0 Å². The molecule has 1 rings (SSSR count). The van der Waals surface area contributed by atoms with Gasteiger partial charge in [0.25, 0.3) is 0 Å². The van der Waals surface area contributed by atoms with Crippen LogP contribution >= 0.6 is 11.6 Å². The van der Waals surface area contributed by atoms with Crippen molar-refractivity contribution in [1.82, 2.24) is 0 Å². The molecule has 0 aliphatic carbocycles. The molecule has 0 amide bonds. The third-order valence-electron chi connectivity index (χ3n) is 1.43. The Labute approximate surface area is 87.8 Å². The fourth-order valence-electron chi connectivity index (χ4n) is 0.824. The van der Waals surface area contributed by atoms with Crippen LogP contribution in [-0.2, 0) is 9.53 Å². The van der Waals surface area contributed by atoms with E-state index in [0.717, 1.165) is 5.56 Å². The van der Waals surface area contributed by atoms with Gasteiger partial charge in [-0.05, 0) is 31.2 Å². The highest BCUT2D eigenvalue weighted by Crippen LogP contribution is 2.08. The molecule has 72 valence electrons. The molecule has 0 spiro atoms. The highest BCUT2D eigenvalue weighted by molar-refractivity contribution is 6.30. The minimum atomic E-state index is -0.512. The summed E-state index contributed by atoms with van der Waals surface area (Å²) in [5.41, 5.74) is 0.738. The smallest absolute Gasteiger partial charge is 0.384 e. The number of hydrogen-bond acceptors (Lipinski definition) is 2. The minimum absolute atomic E-state index is 0.341. The van der Waals surface area contributed by atoms with Crippen molar-refractivity contribution in [3.05, 3.63) is 34.9 Å². The van der Waals surface area contributed by atoms with Gasteiger partial charge in [-0.25, -0.2) is 4.79 Å². The summed E-state index contributed by atoms with van der Waals surface area (Å²) in [6, 6.07) is 6.93. The summed E-state index contributed by atoms with van der Waals surface area (Å²) in [4.78, 5) is 10.9. The lowest BCUT2D eigenvalue weighted by Crippen LogP contribution is -1.99. The van der Waals surface area contributed by atoms with E-state index in [2.05, 4.69) is 16.6 Å². The fourth-order valence-corrected chi connectivity index (χ4v) is 0.950. The SMILES string of the molecule is CCOC(=O)C#Cc1ccc(Cl)cc1. The van der Waals surface area contributed by atoms with Crippen LogP contribution in [0, 0.1) is 11.8 Å². The largest absolute Gasteiger partial charge is 0.456 e. The van der Waals surface area contributed by atoms with Gasteiger partial charge in [0, 0.05) is 16.5 Å². The lowest BCUT2D eigenvalue weighted by molar-refractivity contribution is -0.136. The second kappa shape index (κ2) is 5.31. The van der Waals surface area contributed by atoms with Crippen molar-refractivity contribution in [1.29, 1.82) is 0 Å². The van der Waals surface area contributed by atoms with Crippen molar-refractivity contribution in [2.45, 2.75) is 6.92 Å². The maximum atomic E-state index is 10.9. The molecular formula is C11H9ClO2. The van der Waals surface area contributed by atoms with Gasteiger partial charge in [0.15, 0.2) is 0 Å². The number of ether oxygens (including phenoxy) is 1. The van der Waals surface area contributed by atoms with Crippen LogP contribution in [0.3, 0.4) is 0 Å². The molecule has 0 saturated heterocycles. The average molecular weight is 209 g/mol. The number of halogens is 1. The molecule has 0 N–H and O–H groups in total. The van der Waals surface area contributed by atoms with E-state index >= 15 is 0 Å². The Hall–Kier alpha value is -1.46. The zero-order valence-electron chi connectivity index (χ0n) is 7.71. The van der Waals surface area contributed by atoms with Crippen LogP contribution in [0.5, 0.6) is 0 Å². The quantitative estimate of drug-likeness (QED) is 0.523. The van der Waals surface area contributed by atoms with Crippen LogP contribution in [-0.4, -0.2) is 12.6 Å². The minimum Gasteiger partial charge on any atom is -0.456 e. The lowest BCUT2D eigenvalue weighted by atomic mass is 10.2. The monoisotopic (exact) mass is 208 g/mol. The molecule has 3 heteroatoms. The van der Waals surface area contributed by atoms with E-state index in [1.165, 1.54) is 0 Å². The fraction of sp³-hybridized carbons (Fsp3) is 0.182. The number of esters is 1. The molecule has 1 aromatic carbocycles. The van der Waals surface area contributed by atoms with Crippen LogP contribution in [0.4, 0.5) is 0 Å². The molecule has 0 unspecified atom stereocenters. The zero-order valence-corrected chi connectivity index (χ0v) is 8.47. The molecule has 0 atom stereocenters. The Balaban J connectivity index is 2.68. The predicted octanol–water partition coefficient (Wildman–Crippen LogP) is 2.25. The van der Waals surface area contributed by atoms with E-state index in [-0.39, 0.29) is 0 Å². The first-order valence-electron chi connectivity index (χ1n) is 4.16. The summed E-state index contributed by atoms with van der Waals surface area (Å²) < 4.78 is 4.65. The average Bonchev–Trinajstić information content (AvgIpc) is 2.17. The van der Waals surface area contributed by atoms with E-state index in [4.69, 9.17) is 11.6 Å². The zero-order chi connectivity index (χ0) is 10.4. The maximum absolute atomic E-state index is 10.9. The van der Waals surface area contributed by atoms with Gasteiger partial charge in [-0.15, -0.1) is 0 Å². The normalized spacial score (nSPS) is 8.71. The van der Waals surface area contributed by atoms with E-state index < -0.39 is 5.97 Å². The Kier molecular flexibility index (Phi) is 4.03. The summed E-state index contributed by atoms with van der Waals surface area (Å²) in [5, 5.41) is 0.645. The molecule has 14 heavy (non-hydrogen) atoms. The predicted molar refractivity (Wildman–Crippen MR) is 55.0 cm³/mol. The van der Waals surface area contributed by atoms with Crippen LogP contribution in [0.15, 0.2) is 24.3 Å². The van der Waals surface area contributed by atoms with Crippen LogP contribution in [0.1, 0.15) is 12.5 Å². The van der Waals surface area contributed by atoms with Gasteiger partial charge in [-0.1, -0.05) is 17.5 Å². The highest BCUT2D eigenvalue weighted by Gasteiger charge is 1.92. The summed E-state index contributed by atoms with van der Waals surface area (Å²) in [6.45, 7) is 2.08. The molecule has 0 fully saturated rings. The van der Waals surface area contributed by atoms with Gasteiger partial charge in [0.05, 0.1) is 6.61 Å². The number of carbonyl (C=O) groups excluding carboxylic acids is 1. The first kappa shape index (κ1) is 10.6. The summed E-state index contributed by atoms with van der Waals surface area (Å²) in [6.07, 6.45) is 0. The molecule has 0 saturated carbocycles. The molecule has 0 radical (unpaired) electrons. The van der Waals surface area contributed by atoms with Crippen LogP contribution < -0.4 is 0 Å². The number of benzene rings is 1. The second-order valence-electron chi connectivity index (χ2n) is 2.48. The van der Waals surface area contributed by atoms with Crippen LogP contribution in [0.25, 0.3) is 0 Å². The maximum Gasteiger partial charge on any atom is 0.384 e. The third-order valence-corrected chi connectivity index (χ3v) is 1.68. The first-order valence-corrected chi connectivity index (χ1v) is 4.54. The summed E-state index contributed by atoms with van der Waals surface area (Å²) in [7, 11) is 0. The molecule has 0 aromatic heterocycles. The number of carbonyl (C=O) groups is 1. The van der Waals surface area contributed by atoms with Crippen molar-refractivity contribution in [3.63, 3.8) is 0 Å². The van der Waals surface area contributed by atoms with E-state index in [0.29, 0.717) is 11.6 Å². The van der Waals surface area contributed by atoms with Crippen LogP contribution in [0.2, 0.25) is 5.02 Å². The van der Waals surface area contributed by atoms with Gasteiger partial charge < -0.3 is 4.74 Å². The first-order chi connectivity index (χ1) is 6.72. The number of rotatable bonds is 1. The topological polar surface area (TPSA) is 26.3 Å². The van der Waals surface area contributed by atoms with Crippen molar-refractivity contribution in [3.8, 4) is 11.8 Å². The molecule has 0 aliphatic rings. The Morgan fingerprint density at radius 1 is 1.43 bits per heavy atom. The standard InChI is InChI=1S/C11H9ClO2/c1-2-14-11(13)8-5-9-3-6-10(12)7-4-9/h3-4,6-7H,2H2,1H3. The molecule has 0 bridgehead atoms. The summed E-state index contributed by atoms with van der Waals surface area (Å²) in [5.74, 6) is 4.53. The van der Waals surface area contributed by atoms with Crippen molar-refractivity contribution >= 4 is 17.6 Å². The molecule has 2 nitrogen and oxygen atoms in total. The summed E-state index contributed by atoms with van der Waals surface area (Å²) >= 11 is 5.68. The van der Waals surface area contributed by atoms with Gasteiger partial charge in [0.1, 0.15) is 0 Å². The molecular weight excluding hydrogens is 200 g/mol. The van der Waals surface area contributed by atoms with Gasteiger partial charge in [-0.3, -0.25) is 0 Å². The number of hydrogen-bond donors (Lipinski definition) is 0. The van der Waals surface area contributed by atoms with Gasteiger partial charge in [0.2, 0.25) is 0 Å². The van der Waals surface area contributed by atoms with Gasteiger partial charge >= 0.3 is 5.97 Å². The Bertz CT molecular complexity index is 371. The Morgan fingerprint density at radius 3 is 2.64 bits per heavy atom.